The van der Waals surface area contributed by atoms with Gasteiger partial charge in [-0.2, -0.15) is 0 Å². The van der Waals surface area contributed by atoms with Gasteiger partial charge in [-0.05, 0) is 25.1 Å². The van der Waals surface area contributed by atoms with Crippen molar-refractivity contribution in [1.29, 1.82) is 0 Å². The molecule has 1 aliphatic heterocycles. The number of aromatic nitrogens is 1. The first-order valence-corrected chi connectivity index (χ1v) is 12.4. The number of nitrogens with zero attached hydrogens (tertiary/aromatic N) is 4. The zero-order valence-corrected chi connectivity index (χ0v) is 22.1. The summed E-state index contributed by atoms with van der Waals surface area (Å²) in [6.07, 6.45) is 0.899. The quantitative estimate of drug-likeness (QED) is 0.494. The van der Waals surface area contributed by atoms with Crippen LogP contribution in [0, 0.1) is 0 Å². The van der Waals surface area contributed by atoms with E-state index >= 15 is 0 Å². The van der Waals surface area contributed by atoms with E-state index in [-0.39, 0.29) is 17.2 Å². The van der Waals surface area contributed by atoms with Crippen LogP contribution in [0.2, 0.25) is 10.0 Å². The van der Waals surface area contributed by atoms with Crippen molar-refractivity contribution in [3.05, 3.63) is 45.6 Å². The van der Waals surface area contributed by atoms with Crippen molar-refractivity contribution in [2.45, 2.75) is 52.4 Å². The van der Waals surface area contributed by atoms with E-state index in [1.807, 2.05) is 39.1 Å². The monoisotopic (exact) mass is 494 g/mol. The summed E-state index contributed by atoms with van der Waals surface area (Å²) in [6, 6.07) is 5.77. The Morgan fingerprint density at radius 2 is 1.85 bits per heavy atom. The molecular weight excluding hydrogens is 459 g/mol. The van der Waals surface area contributed by atoms with Crippen molar-refractivity contribution >= 4 is 34.8 Å². The second kappa shape index (κ2) is 10.7. The highest BCUT2D eigenvalue weighted by Gasteiger charge is 2.31. The largest absolute Gasteiger partial charge is 0.435 e. The van der Waals surface area contributed by atoms with Gasteiger partial charge in [0.05, 0.1) is 21.4 Å². The Labute approximate surface area is 207 Å². The molecule has 1 fully saturated rings. The number of hydrogen-bond acceptors (Lipinski definition) is 5. The number of carbonyl (C=O) groups is 1. The third kappa shape index (κ3) is 6.23. The van der Waals surface area contributed by atoms with E-state index in [4.69, 9.17) is 27.6 Å². The molecule has 0 atom stereocenters. The van der Waals surface area contributed by atoms with E-state index in [2.05, 4.69) is 35.6 Å². The van der Waals surface area contributed by atoms with Crippen LogP contribution in [0.1, 0.15) is 69.1 Å². The molecule has 182 valence electrons. The summed E-state index contributed by atoms with van der Waals surface area (Å²) in [4.78, 5) is 24.2. The average Bonchev–Trinajstić information content (AvgIpc) is 3.22. The molecule has 1 amide bonds. The number of halogens is 2. The molecule has 33 heavy (non-hydrogen) atoms. The number of piperazine rings is 1. The summed E-state index contributed by atoms with van der Waals surface area (Å²) in [5.41, 5.74) is 1.48. The van der Waals surface area contributed by atoms with Crippen molar-refractivity contribution in [3.8, 4) is 0 Å². The van der Waals surface area contributed by atoms with Gasteiger partial charge in [0.2, 0.25) is 5.76 Å². The van der Waals surface area contributed by atoms with Gasteiger partial charge >= 0.3 is 0 Å². The minimum Gasteiger partial charge on any atom is -0.435 e. The standard InChI is InChI=1S/C25H36Cl2N4O2/c1-17(2)23-28-22(25(3,4)5)21(33-23)24(32)29(6)11-8-12-30-13-15-31(16-14-30)19-10-7-9-18(26)20(19)27/h7,9-10,17H,8,11-16H2,1-6H3. The molecule has 0 radical (unpaired) electrons. The molecule has 2 aromatic rings. The summed E-state index contributed by atoms with van der Waals surface area (Å²) < 4.78 is 5.92. The van der Waals surface area contributed by atoms with Crippen LogP contribution in [0.3, 0.4) is 0 Å². The second-order valence-electron chi connectivity index (χ2n) is 10.1. The van der Waals surface area contributed by atoms with E-state index < -0.39 is 0 Å². The lowest BCUT2D eigenvalue weighted by atomic mass is 9.90. The minimum absolute atomic E-state index is 0.0975. The fourth-order valence-electron chi connectivity index (χ4n) is 3.99. The number of carbonyl (C=O) groups excluding carboxylic acids is 1. The van der Waals surface area contributed by atoms with Gasteiger partial charge < -0.3 is 14.2 Å². The minimum atomic E-state index is -0.256. The number of amides is 1. The van der Waals surface area contributed by atoms with Crippen LogP contribution in [0.25, 0.3) is 0 Å². The summed E-state index contributed by atoms with van der Waals surface area (Å²) in [7, 11) is 1.84. The number of anilines is 1. The summed E-state index contributed by atoms with van der Waals surface area (Å²) in [5, 5.41) is 1.21. The van der Waals surface area contributed by atoms with Crippen LogP contribution in [0.5, 0.6) is 0 Å². The maximum atomic E-state index is 13.1. The number of benzene rings is 1. The van der Waals surface area contributed by atoms with E-state index in [0.29, 0.717) is 28.2 Å². The van der Waals surface area contributed by atoms with Crippen molar-refractivity contribution in [2.24, 2.45) is 0 Å². The normalized spacial score (nSPS) is 15.4. The Morgan fingerprint density at radius 1 is 1.18 bits per heavy atom. The molecule has 1 aromatic carbocycles. The molecule has 0 N–H and O–H groups in total. The van der Waals surface area contributed by atoms with Crippen LogP contribution in [-0.2, 0) is 5.41 Å². The Kier molecular flexibility index (Phi) is 8.35. The zero-order chi connectivity index (χ0) is 24.3. The molecule has 2 heterocycles. The molecule has 3 rings (SSSR count). The predicted molar refractivity (Wildman–Crippen MR) is 136 cm³/mol. The van der Waals surface area contributed by atoms with Crippen LogP contribution in [0.4, 0.5) is 5.69 Å². The van der Waals surface area contributed by atoms with E-state index in [9.17, 15) is 4.79 Å². The van der Waals surface area contributed by atoms with Crippen molar-refractivity contribution in [3.63, 3.8) is 0 Å². The molecule has 0 bridgehead atoms. The summed E-state index contributed by atoms with van der Waals surface area (Å²) in [5.74, 6) is 1.04. The lowest BCUT2D eigenvalue weighted by Gasteiger charge is -2.36. The van der Waals surface area contributed by atoms with Gasteiger partial charge in [0.25, 0.3) is 5.91 Å². The highest BCUT2D eigenvalue weighted by atomic mass is 35.5. The lowest BCUT2D eigenvalue weighted by molar-refractivity contribution is 0.0751. The third-order valence-corrected chi connectivity index (χ3v) is 6.81. The van der Waals surface area contributed by atoms with Gasteiger partial charge in [-0.3, -0.25) is 9.69 Å². The third-order valence-electron chi connectivity index (χ3n) is 6.00. The van der Waals surface area contributed by atoms with E-state index in [1.165, 1.54) is 0 Å². The maximum Gasteiger partial charge on any atom is 0.291 e. The molecule has 8 heteroatoms. The van der Waals surface area contributed by atoms with Gasteiger partial charge in [-0.15, -0.1) is 0 Å². The first-order valence-electron chi connectivity index (χ1n) is 11.7. The van der Waals surface area contributed by atoms with Crippen LogP contribution >= 0.6 is 23.2 Å². The molecule has 1 aliphatic rings. The Hall–Kier alpha value is -1.76. The molecule has 6 nitrogen and oxygen atoms in total. The van der Waals surface area contributed by atoms with E-state index in [1.54, 1.807) is 4.90 Å². The number of rotatable bonds is 7. The number of oxazole rings is 1. The average molecular weight is 495 g/mol. The van der Waals surface area contributed by atoms with E-state index in [0.717, 1.165) is 50.5 Å². The predicted octanol–water partition coefficient (Wildman–Crippen LogP) is 5.69. The summed E-state index contributed by atoms with van der Waals surface area (Å²) >= 11 is 12.6. The summed E-state index contributed by atoms with van der Waals surface area (Å²) in [6.45, 7) is 15.5. The highest BCUT2D eigenvalue weighted by Crippen LogP contribution is 2.33. The smallest absolute Gasteiger partial charge is 0.291 e. The molecule has 0 unspecified atom stereocenters. The molecule has 1 aromatic heterocycles. The first kappa shape index (κ1) is 25.9. The van der Waals surface area contributed by atoms with Crippen molar-refractivity contribution in [2.75, 3.05) is 51.2 Å². The van der Waals surface area contributed by atoms with Crippen LogP contribution < -0.4 is 4.90 Å². The lowest BCUT2D eigenvalue weighted by Crippen LogP contribution is -2.47. The van der Waals surface area contributed by atoms with Gasteiger partial charge in [0, 0.05) is 51.1 Å². The first-order chi connectivity index (χ1) is 15.5. The zero-order valence-electron chi connectivity index (χ0n) is 20.6. The second-order valence-corrected chi connectivity index (χ2v) is 10.9. The fraction of sp³-hybridized carbons (Fsp3) is 0.600. The molecule has 0 saturated carbocycles. The van der Waals surface area contributed by atoms with Gasteiger partial charge in [-0.1, -0.05) is 63.9 Å². The van der Waals surface area contributed by atoms with Gasteiger partial charge in [-0.25, -0.2) is 4.98 Å². The van der Waals surface area contributed by atoms with Crippen LogP contribution in [0.15, 0.2) is 22.6 Å². The van der Waals surface area contributed by atoms with Crippen molar-refractivity contribution < 1.29 is 9.21 Å². The maximum absolute atomic E-state index is 13.1. The van der Waals surface area contributed by atoms with Crippen molar-refractivity contribution in [1.82, 2.24) is 14.8 Å². The molecule has 0 spiro atoms. The fourth-order valence-corrected chi connectivity index (χ4v) is 4.41. The SMILES string of the molecule is CC(C)c1nc(C(C)(C)C)c(C(=O)N(C)CCCN2CCN(c3cccc(Cl)c3Cl)CC2)o1. The van der Waals surface area contributed by atoms with Gasteiger partial charge in [0.15, 0.2) is 5.89 Å². The topological polar surface area (TPSA) is 52.8 Å². The molecular formula is C25H36Cl2N4O2. The Balaban J connectivity index is 1.52. The highest BCUT2D eigenvalue weighted by molar-refractivity contribution is 6.43. The molecule has 0 aliphatic carbocycles. The van der Waals surface area contributed by atoms with Gasteiger partial charge in [0.1, 0.15) is 0 Å². The Morgan fingerprint density at radius 3 is 2.45 bits per heavy atom. The number of hydrogen-bond donors (Lipinski definition) is 0. The Bertz CT molecular complexity index is 960. The molecule has 1 saturated heterocycles. The van der Waals surface area contributed by atoms with Crippen LogP contribution in [-0.4, -0.2) is 67.0 Å².